The number of nitro groups is 1. The Kier molecular flexibility index (Phi) is 4.94. The Morgan fingerprint density at radius 1 is 1.07 bits per heavy atom. The second kappa shape index (κ2) is 7.85. The van der Waals surface area contributed by atoms with Crippen molar-refractivity contribution in [1.82, 2.24) is 4.98 Å². The van der Waals surface area contributed by atoms with Crippen LogP contribution in [-0.4, -0.2) is 16.1 Å². The number of allylic oxidation sites excluding steroid dienone is 1. The lowest BCUT2D eigenvalue weighted by Crippen LogP contribution is -1.90. The third-order valence-corrected chi connectivity index (χ3v) is 4.18. The molecular formula is C22H14FN3O3. The lowest BCUT2D eigenvalue weighted by Gasteiger charge is -1.95. The van der Waals surface area contributed by atoms with Crippen LogP contribution in [0.4, 0.5) is 15.8 Å². The molecule has 142 valence electrons. The van der Waals surface area contributed by atoms with Gasteiger partial charge in [0.25, 0.3) is 5.69 Å². The van der Waals surface area contributed by atoms with Crippen molar-refractivity contribution in [1.29, 1.82) is 0 Å². The molecule has 0 fully saturated rings. The number of hydrogen-bond acceptors (Lipinski definition) is 5. The molecular weight excluding hydrogens is 373 g/mol. The molecule has 29 heavy (non-hydrogen) atoms. The third-order valence-electron chi connectivity index (χ3n) is 4.18. The summed E-state index contributed by atoms with van der Waals surface area (Å²) in [6.07, 6.45) is 4.82. The van der Waals surface area contributed by atoms with Crippen LogP contribution < -0.4 is 0 Å². The van der Waals surface area contributed by atoms with Crippen LogP contribution in [0.25, 0.3) is 28.6 Å². The molecule has 4 rings (SSSR count). The number of aliphatic imine (C=N–C) groups is 1. The predicted molar refractivity (Wildman–Crippen MR) is 110 cm³/mol. The molecule has 4 aromatic rings. The van der Waals surface area contributed by atoms with Gasteiger partial charge in [-0.3, -0.25) is 15.1 Å². The maximum absolute atomic E-state index is 13.1. The summed E-state index contributed by atoms with van der Waals surface area (Å²) < 4.78 is 18.8. The van der Waals surface area contributed by atoms with Crippen LogP contribution in [0.3, 0.4) is 0 Å². The highest BCUT2D eigenvalue weighted by atomic mass is 19.1. The first-order valence-corrected chi connectivity index (χ1v) is 8.71. The summed E-state index contributed by atoms with van der Waals surface area (Å²) in [5, 5.41) is 11.0. The van der Waals surface area contributed by atoms with E-state index in [1.54, 1.807) is 66.9 Å². The van der Waals surface area contributed by atoms with E-state index in [1.165, 1.54) is 18.2 Å². The second-order valence-corrected chi connectivity index (χ2v) is 6.13. The zero-order chi connectivity index (χ0) is 20.2. The summed E-state index contributed by atoms with van der Waals surface area (Å²) in [5.41, 5.74) is 3.10. The van der Waals surface area contributed by atoms with E-state index in [0.29, 0.717) is 33.8 Å². The first-order valence-electron chi connectivity index (χ1n) is 8.71. The Hall–Kier alpha value is -4.13. The van der Waals surface area contributed by atoms with Gasteiger partial charge in [0.15, 0.2) is 5.58 Å². The van der Waals surface area contributed by atoms with Gasteiger partial charge in [-0.05, 0) is 60.7 Å². The molecule has 0 saturated carbocycles. The maximum atomic E-state index is 13.1. The summed E-state index contributed by atoms with van der Waals surface area (Å²) in [5.74, 6) is 0.0767. The van der Waals surface area contributed by atoms with E-state index < -0.39 is 4.92 Å². The standard InChI is InChI=1S/C22H14FN3O3/c23-17-9-7-16(8-10-17)22-25-19-14-18(11-12-21(19)29-22)24-13-3-5-15-4-1-2-6-20(15)26(27)28/h1-14H/b5-3-,24-13?. The van der Waals surface area contributed by atoms with E-state index >= 15 is 0 Å². The fraction of sp³-hybridized carbons (Fsp3) is 0. The van der Waals surface area contributed by atoms with Crippen molar-refractivity contribution in [3.63, 3.8) is 0 Å². The molecule has 3 aromatic carbocycles. The summed E-state index contributed by atoms with van der Waals surface area (Å²) in [4.78, 5) is 19.4. The second-order valence-electron chi connectivity index (χ2n) is 6.13. The van der Waals surface area contributed by atoms with E-state index in [9.17, 15) is 14.5 Å². The number of fused-ring (bicyclic) bond motifs is 1. The van der Waals surface area contributed by atoms with Gasteiger partial charge >= 0.3 is 0 Å². The van der Waals surface area contributed by atoms with Crippen LogP contribution in [0.1, 0.15) is 5.56 Å². The van der Waals surface area contributed by atoms with Crippen molar-refractivity contribution in [3.8, 4) is 11.5 Å². The fourth-order valence-electron chi connectivity index (χ4n) is 2.78. The zero-order valence-corrected chi connectivity index (χ0v) is 15.0. The molecule has 0 aliphatic rings. The minimum atomic E-state index is -0.423. The van der Waals surface area contributed by atoms with Crippen LogP contribution in [0, 0.1) is 15.9 Å². The lowest BCUT2D eigenvalue weighted by molar-refractivity contribution is -0.385. The van der Waals surface area contributed by atoms with Crippen molar-refractivity contribution in [2.24, 2.45) is 4.99 Å². The Labute approximate surface area is 164 Å². The van der Waals surface area contributed by atoms with Gasteiger partial charge in [-0.2, -0.15) is 0 Å². The normalized spacial score (nSPS) is 11.6. The van der Waals surface area contributed by atoms with Crippen molar-refractivity contribution >= 4 is 34.8 Å². The van der Waals surface area contributed by atoms with Gasteiger partial charge in [0.1, 0.15) is 11.3 Å². The first kappa shape index (κ1) is 18.2. The smallest absolute Gasteiger partial charge is 0.276 e. The minimum absolute atomic E-state index is 0.0366. The molecule has 6 nitrogen and oxygen atoms in total. The molecule has 0 N–H and O–H groups in total. The Balaban J connectivity index is 1.54. The molecule has 0 aliphatic heterocycles. The zero-order valence-electron chi connectivity index (χ0n) is 15.0. The average Bonchev–Trinajstić information content (AvgIpc) is 3.15. The van der Waals surface area contributed by atoms with Gasteiger partial charge in [-0.15, -0.1) is 0 Å². The number of benzene rings is 3. The van der Waals surface area contributed by atoms with Gasteiger partial charge in [0.2, 0.25) is 5.89 Å². The predicted octanol–water partition coefficient (Wildman–Crippen LogP) is 5.96. The molecule has 0 spiro atoms. The first-order chi connectivity index (χ1) is 14.1. The molecule has 1 aromatic heterocycles. The number of halogens is 1. The Morgan fingerprint density at radius 2 is 1.86 bits per heavy atom. The van der Waals surface area contributed by atoms with Gasteiger partial charge in [0, 0.05) is 17.8 Å². The Bertz CT molecular complexity index is 1240. The highest BCUT2D eigenvalue weighted by Crippen LogP contribution is 2.27. The number of nitro benzene ring substituents is 1. The number of rotatable bonds is 5. The molecule has 0 unspecified atom stereocenters. The number of hydrogen-bond donors (Lipinski definition) is 0. The van der Waals surface area contributed by atoms with Gasteiger partial charge in [0.05, 0.1) is 16.2 Å². The minimum Gasteiger partial charge on any atom is -0.436 e. The highest BCUT2D eigenvalue weighted by molar-refractivity contribution is 5.84. The maximum Gasteiger partial charge on any atom is 0.276 e. The molecule has 0 atom stereocenters. The number of oxazole rings is 1. The fourth-order valence-corrected chi connectivity index (χ4v) is 2.78. The van der Waals surface area contributed by atoms with Crippen LogP contribution >= 0.6 is 0 Å². The van der Waals surface area contributed by atoms with E-state index in [-0.39, 0.29) is 11.5 Å². The summed E-state index contributed by atoms with van der Waals surface area (Å²) in [7, 11) is 0. The monoisotopic (exact) mass is 387 g/mol. The summed E-state index contributed by atoms with van der Waals surface area (Å²) >= 11 is 0. The van der Waals surface area contributed by atoms with Crippen molar-refractivity contribution < 1.29 is 13.7 Å². The molecule has 1 heterocycles. The number of para-hydroxylation sites is 1. The largest absolute Gasteiger partial charge is 0.436 e. The molecule has 0 bridgehead atoms. The highest BCUT2D eigenvalue weighted by Gasteiger charge is 2.09. The van der Waals surface area contributed by atoms with E-state index in [2.05, 4.69) is 9.98 Å². The summed E-state index contributed by atoms with van der Waals surface area (Å²) in [6.45, 7) is 0. The third kappa shape index (κ3) is 4.08. The van der Waals surface area contributed by atoms with Crippen LogP contribution in [0.15, 0.2) is 82.2 Å². The quantitative estimate of drug-likeness (QED) is 0.240. The van der Waals surface area contributed by atoms with Crippen molar-refractivity contribution in [2.45, 2.75) is 0 Å². The van der Waals surface area contributed by atoms with E-state index in [4.69, 9.17) is 4.42 Å². The molecule has 0 radical (unpaired) electrons. The van der Waals surface area contributed by atoms with E-state index in [1.807, 2.05) is 0 Å². The SMILES string of the molecule is O=[N+]([O-])c1ccccc1/C=C\C=Nc1ccc2oc(-c3ccc(F)cc3)nc2c1. The molecule has 0 amide bonds. The molecule has 7 heteroatoms. The van der Waals surface area contributed by atoms with Crippen molar-refractivity contribution in [2.75, 3.05) is 0 Å². The van der Waals surface area contributed by atoms with Crippen LogP contribution in [0.2, 0.25) is 0 Å². The molecule has 0 aliphatic carbocycles. The van der Waals surface area contributed by atoms with E-state index in [0.717, 1.165) is 0 Å². The van der Waals surface area contributed by atoms with Gasteiger partial charge in [-0.1, -0.05) is 12.1 Å². The van der Waals surface area contributed by atoms with Gasteiger partial charge < -0.3 is 4.42 Å². The topological polar surface area (TPSA) is 81.5 Å². The van der Waals surface area contributed by atoms with Gasteiger partial charge in [-0.25, -0.2) is 9.37 Å². The van der Waals surface area contributed by atoms with Crippen molar-refractivity contribution in [3.05, 3.63) is 94.3 Å². The molecule has 0 saturated heterocycles. The average molecular weight is 387 g/mol. The van der Waals surface area contributed by atoms with Crippen LogP contribution in [0.5, 0.6) is 0 Å². The Morgan fingerprint density at radius 3 is 2.66 bits per heavy atom. The number of aromatic nitrogens is 1. The van der Waals surface area contributed by atoms with Crippen LogP contribution in [-0.2, 0) is 0 Å². The number of nitrogens with zero attached hydrogens (tertiary/aromatic N) is 3. The summed E-state index contributed by atoms with van der Waals surface area (Å²) in [6, 6.07) is 17.7. The lowest BCUT2D eigenvalue weighted by atomic mass is 10.1.